The van der Waals surface area contributed by atoms with Crippen molar-refractivity contribution in [2.45, 2.75) is 52.5 Å². The lowest BCUT2D eigenvalue weighted by Gasteiger charge is -2.41. The average Bonchev–Trinajstić information content (AvgIpc) is 2.80. The average molecular weight is 273 g/mol. The summed E-state index contributed by atoms with van der Waals surface area (Å²) < 4.78 is 0. The highest BCUT2D eigenvalue weighted by Crippen LogP contribution is 2.41. The minimum absolute atomic E-state index is 0.413. The fourth-order valence-electron chi connectivity index (χ4n) is 4.04. The lowest BCUT2D eigenvalue weighted by atomic mass is 9.75. The van der Waals surface area contributed by atoms with Crippen LogP contribution in [0.1, 0.15) is 57.2 Å². The van der Waals surface area contributed by atoms with Gasteiger partial charge in [0.2, 0.25) is 0 Å². The minimum Gasteiger partial charge on any atom is -0.508 e. The second kappa shape index (κ2) is 5.07. The maximum absolute atomic E-state index is 9.60. The van der Waals surface area contributed by atoms with E-state index in [2.05, 4.69) is 31.7 Å². The molecular weight excluding hydrogens is 246 g/mol. The first-order valence-electron chi connectivity index (χ1n) is 8.01. The Morgan fingerprint density at radius 3 is 2.45 bits per heavy atom. The molecule has 0 amide bonds. The summed E-state index contributed by atoms with van der Waals surface area (Å²) in [5.74, 6) is 1.27. The van der Waals surface area contributed by atoms with Crippen LogP contribution in [-0.2, 0) is 6.42 Å². The van der Waals surface area contributed by atoms with Crippen molar-refractivity contribution in [1.29, 1.82) is 0 Å². The molecule has 1 aliphatic carbocycles. The van der Waals surface area contributed by atoms with Crippen molar-refractivity contribution in [2.75, 3.05) is 13.1 Å². The molecule has 1 aromatic carbocycles. The van der Waals surface area contributed by atoms with Gasteiger partial charge in [-0.1, -0.05) is 26.8 Å². The maximum Gasteiger partial charge on any atom is 0.115 e. The number of fused-ring (bicyclic) bond motifs is 1. The van der Waals surface area contributed by atoms with Crippen molar-refractivity contribution < 1.29 is 5.11 Å². The fourth-order valence-corrected chi connectivity index (χ4v) is 4.04. The van der Waals surface area contributed by atoms with Crippen molar-refractivity contribution in [3.63, 3.8) is 0 Å². The van der Waals surface area contributed by atoms with Gasteiger partial charge in [0, 0.05) is 6.04 Å². The molecule has 0 radical (unpaired) electrons. The third kappa shape index (κ3) is 2.58. The van der Waals surface area contributed by atoms with Gasteiger partial charge in [-0.15, -0.1) is 0 Å². The van der Waals surface area contributed by atoms with Crippen molar-refractivity contribution >= 4 is 0 Å². The first-order chi connectivity index (χ1) is 9.45. The number of hydrogen-bond donors (Lipinski definition) is 1. The Morgan fingerprint density at radius 2 is 1.80 bits per heavy atom. The van der Waals surface area contributed by atoms with E-state index < -0.39 is 0 Å². The standard InChI is InChI=1S/C18H27NO/c1-18(2,3)14-8-10-19(11-9-14)17-7-4-13-12-15(20)5-6-16(13)17/h5-6,12,14,17,20H,4,7-11H2,1-3H3. The zero-order valence-corrected chi connectivity index (χ0v) is 13.0. The molecule has 0 spiro atoms. The normalized spacial score (nSPS) is 24.9. The lowest BCUT2D eigenvalue weighted by Crippen LogP contribution is -2.39. The summed E-state index contributed by atoms with van der Waals surface area (Å²) in [5, 5.41) is 9.60. The molecule has 0 bridgehead atoms. The van der Waals surface area contributed by atoms with Crippen LogP contribution < -0.4 is 0 Å². The molecule has 1 N–H and O–H groups in total. The zero-order valence-electron chi connectivity index (χ0n) is 13.0. The Bertz CT molecular complexity index is 481. The van der Waals surface area contributed by atoms with E-state index in [1.165, 1.54) is 43.5 Å². The monoisotopic (exact) mass is 273 g/mol. The third-order valence-electron chi connectivity index (χ3n) is 5.37. The van der Waals surface area contributed by atoms with E-state index >= 15 is 0 Å². The first kappa shape index (κ1) is 13.9. The highest BCUT2D eigenvalue weighted by Gasteiger charge is 2.34. The summed E-state index contributed by atoms with van der Waals surface area (Å²) in [7, 11) is 0. The molecule has 1 fully saturated rings. The van der Waals surface area contributed by atoms with Gasteiger partial charge in [-0.05, 0) is 73.4 Å². The number of nitrogens with zero attached hydrogens (tertiary/aromatic N) is 1. The molecular formula is C18H27NO. The highest BCUT2D eigenvalue weighted by atomic mass is 16.3. The molecule has 1 atom stereocenters. The van der Waals surface area contributed by atoms with E-state index in [1.54, 1.807) is 0 Å². The SMILES string of the molecule is CC(C)(C)C1CCN(C2CCc3cc(O)ccc32)CC1. The van der Waals surface area contributed by atoms with Gasteiger partial charge in [0.15, 0.2) is 0 Å². The smallest absolute Gasteiger partial charge is 0.115 e. The fraction of sp³-hybridized carbons (Fsp3) is 0.667. The van der Waals surface area contributed by atoms with Crippen LogP contribution in [0.5, 0.6) is 5.75 Å². The van der Waals surface area contributed by atoms with E-state index in [1.807, 2.05) is 12.1 Å². The number of phenols is 1. The zero-order chi connectivity index (χ0) is 14.3. The first-order valence-corrected chi connectivity index (χ1v) is 8.01. The number of piperidine rings is 1. The molecule has 3 rings (SSSR count). The van der Waals surface area contributed by atoms with Crippen LogP contribution >= 0.6 is 0 Å². The van der Waals surface area contributed by atoms with Crippen LogP contribution in [0.4, 0.5) is 0 Å². The second-order valence-corrected chi connectivity index (χ2v) is 7.61. The highest BCUT2D eigenvalue weighted by molar-refractivity contribution is 5.40. The lowest BCUT2D eigenvalue weighted by molar-refractivity contribution is 0.0826. The van der Waals surface area contributed by atoms with Gasteiger partial charge in [-0.25, -0.2) is 0 Å². The summed E-state index contributed by atoms with van der Waals surface area (Å²) in [6, 6.07) is 6.53. The Labute approximate surface area is 122 Å². The number of likely N-dealkylation sites (tertiary alicyclic amines) is 1. The number of hydrogen-bond acceptors (Lipinski definition) is 2. The van der Waals surface area contributed by atoms with Crippen molar-refractivity contribution in [3.05, 3.63) is 29.3 Å². The number of aromatic hydroxyl groups is 1. The molecule has 2 nitrogen and oxygen atoms in total. The molecule has 1 saturated heterocycles. The summed E-state index contributed by atoms with van der Waals surface area (Å²) in [6.45, 7) is 9.59. The molecule has 1 unspecified atom stereocenters. The maximum atomic E-state index is 9.60. The molecule has 2 heteroatoms. The molecule has 110 valence electrons. The van der Waals surface area contributed by atoms with Gasteiger partial charge in [0.05, 0.1) is 0 Å². The van der Waals surface area contributed by atoms with Crippen LogP contribution in [0.25, 0.3) is 0 Å². The summed E-state index contributed by atoms with van der Waals surface area (Å²) in [4.78, 5) is 2.67. The number of aryl methyl sites for hydroxylation is 1. The second-order valence-electron chi connectivity index (χ2n) is 7.61. The largest absolute Gasteiger partial charge is 0.508 e. The van der Waals surface area contributed by atoms with Gasteiger partial charge in [-0.2, -0.15) is 0 Å². The molecule has 0 saturated carbocycles. The molecule has 1 aromatic rings. The summed E-state index contributed by atoms with van der Waals surface area (Å²) >= 11 is 0. The Morgan fingerprint density at radius 1 is 1.10 bits per heavy atom. The number of benzene rings is 1. The van der Waals surface area contributed by atoms with Gasteiger partial charge in [0.25, 0.3) is 0 Å². The summed E-state index contributed by atoms with van der Waals surface area (Å²) in [6.07, 6.45) is 4.99. The van der Waals surface area contributed by atoms with Crippen molar-refractivity contribution in [2.24, 2.45) is 11.3 Å². The van der Waals surface area contributed by atoms with Gasteiger partial charge in [0.1, 0.15) is 5.75 Å². The van der Waals surface area contributed by atoms with Gasteiger partial charge >= 0.3 is 0 Å². The van der Waals surface area contributed by atoms with Crippen LogP contribution in [0, 0.1) is 11.3 Å². The van der Waals surface area contributed by atoms with E-state index in [4.69, 9.17) is 0 Å². The van der Waals surface area contributed by atoms with Crippen LogP contribution in [0.15, 0.2) is 18.2 Å². The van der Waals surface area contributed by atoms with Crippen LogP contribution in [0.3, 0.4) is 0 Å². The van der Waals surface area contributed by atoms with E-state index in [-0.39, 0.29) is 0 Å². The molecule has 1 heterocycles. The predicted octanol–water partition coefficient (Wildman–Crippen LogP) is 4.14. The topological polar surface area (TPSA) is 23.5 Å². The Kier molecular flexibility index (Phi) is 3.53. The minimum atomic E-state index is 0.413. The Balaban J connectivity index is 1.69. The summed E-state index contributed by atoms with van der Waals surface area (Å²) in [5.41, 5.74) is 3.26. The van der Waals surface area contributed by atoms with Crippen LogP contribution in [0.2, 0.25) is 0 Å². The molecule has 0 aromatic heterocycles. The van der Waals surface area contributed by atoms with E-state index in [9.17, 15) is 5.11 Å². The van der Waals surface area contributed by atoms with Gasteiger partial charge in [-0.3, -0.25) is 4.90 Å². The molecule has 20 heavy (non-hydrogen) atoms. The quantitative estimate of drug-likeness (QED) is 0.831. The van der Waals surface area contributed by atoms with E-state index in [0.717, 1.165) is 12.3 Å². The predicted molar refractivity (Wildman–Crippen MR) is 82.9 cm³/mol. The van der Waals surface area contributed by atoms with Crippen molar-refractivity contribution in [3.8, 4) is 5.75 Å². The molecule has 1 aliphatic heterocycles. The third-order valence-corrected chi connectivity index (χ3v) is 5.37. The van der Waals surface area contributed by atoms with Crippen molar-refractivity contribution in [1.82, 2.24) is 4.90 Å². The van der Waals surface area contributed by atoms with Crippen LogP contribution in [-0.4, -0.2) is 23.1 Å². The number of rotatable bonds is 1. The Hall–Kier alpha value is -1.02. The van der Waals surface area contributed by atoms with Gasteiger partial charge < -0.3 is 5.11 Å². The molecule has 2 aliphatic rings. The van der Waals surface area contributed by atoms with E-state index in [0.29, 0.717) is 17.2 Å². The number of phenolic OH excluding ortho intramolecular Hbond substituents is 1.